The van der Waals surface area contributed by atoms with Crippen molar-refractivity contribution in [2.75, 3.05) is 13.2 Å². The van der Waals surface area contributed by atoms with Crippen molar-refractivity contribution in [3.63, 3.8) is 0 Å². The number of hydrogen-bond acceptors (Lipinski definition) is 2. The molecule has 0 fully saturated rings. The highest BCUT2D eigenvalue weighted by atomic mass is 16.5. The molecule has 1 aromatic rings. The van der Waals surface area contributed by atoms with E-state index in [1.165, 1.54) is 0 Å². The quantitative estimate of drug-likeness (QED) is 0.696. The topological polar surface area (TPSA) is 46.1 Å². The average Bonchev–Trinajstić information content (AvgIpc) is 2.35. The number of benzene rings is 1. The van der Waals surface area contributed by atoms with E-state index in [-0.39, 0.29) is 12.1 Å². The summed E-state index contributed by atoms with van der Waals surface area (Å²) < 4.78 is 5.58. The van der Waals surface area contributed by atoms with Crippen LogP contribution in [-0.4, -0.2) is 23.9 Å². The van der Waals surface area contributed by atoms with Gasteiger partial charge in [-0.1, -0.05) is 24.8 Å². The molecule has 0 aliphatic carbocycles. The minimum absolute atomic E-state index is 0.155. The van der Waals surface area contributed by atoms with Gasteiger partial charge >= 0.3 is 0 Å². The Morgan fingerprint density at radius 2 is 2.12 bits per heavy atom. The van der Waals surface area contributed by atoms with Crippen LogP contribution in [0.2, 0.25) is 0 Å². The molecule has 17 heavy (non-hydrogen) atoms. The van der Waals surface area contributed by atoms with Crippen LogP contribution in [0.4, 0.5) is 0 Å². The molecule has 0 aliphatic rings. The molecule has 0 heterocycles. The lowest BCUT2D eigenvalue weighted by Gasteiger charge is -2.20. The second-order valence-electron chi connectivity index (χ2n) is 4.76. The summed E-state index contributed by atoms with van der Waals surface area (Å²) in [4.78, 5) is 0. The fraction of sp³-hybridized carbons (Fsp3) is 0.429. The molecule has 1 rings (SSSR count). The Hall–Kier alpha value is -1.32. The summed E-state index contributed by atoms with van der Waals surface area (Å²) in [6.07, 6.45) is 1.73. The number of rotatable bonds is 7. The summed E-state index contributed by atoms with van der Waals surface area (Å²) >= 11 is 0. The van der Waals surface area contributed by atoms with E-state index < -0.39 is 0 Å². The predicted octanol–water partition coefficient (Wildman–Crippen LogP) is 1.09. The minimum Gasteiger partial charge on any atom is -0.489 e. The molecule has 3 N–H and O–H groups in total. The van der Waals surface area contributed by atoms with E-state index in [1.807, 2.05) is 38.1 Å². The Kier molecular flexibility index (Phi) is 5.19. The lowest BCUT2D eigenvalue weighted by atomic mass is 10.1. The molecule has 3 heteroatoms. The SMILES string of the molecule is C=CCOc1ccccc1C[NH2+]C(C)(C)CO. The molecule has 0 saturated carbocycles. The van der Waals surface area contributed by atoms with Crippen molar-refractivity contribution in [1.82, 2.24) is 0 Å². The third-order valence-electron chi connectivity index (χ3n) is 2.61. The van der Waals surface area contributed by atoms with E-state index in [0.717, 1.165) is 17.9 Å². The Morgan fingerprint density at radius 1 is 1.41 bits per heavy atom. The number of aliphatic hydroxyl groups excluding tert-OH is 1. The monoisotopic (exact) mass is 236 g/mol. The highest BCUT2D eigenvalue weighted by Gasteiger charge is 2.20. The van der Waals surface area contributed by atoms with Gasteiger partial charge in [-0.15, -0.1) is 0 Å². The molecule has 94 valence electrons. The van der Waals surface area contributed by atoms with Crippen molar-refractivity contribution < 1.29 is 15.2 Å². The number of para-hydroxylation sites is 1. The fourth-order valence-corrected chi connectivity index (χ4v) is 1.41. The summed E-state index contributed by atoms with van der Waals surface area (Å²) in [5, 5.41) is 11.3. The zero-order chi connectivity index (χ0) is 12.7. The second-order valence-corrected chi connectivity index (χ2v) is 4.76. The summed E-state index contributed by atoms with van der Waals surface area (Å²) in [5.41, 5.74) is 0.974. The van der Waals surface area contributed by atoms with Gasteiger partial charge in [-0.25, -0.2) is 0 Å². The van der Waals surface area contributed by atoms with Crippen LogP contribution in [0, 0.1) is 0 Å². The van der Waals surface area contributed by atoms with E-state index >= 15 is 0 Å². The van der Waals surface area contributed by atoms with Crippen LogP contribution in [0.15, 0.2) is 36.9 Å². The normalized spacial score (nSPS) is 11.2. The summed E-state index contributed by atoms with van der Waals surface area (Å²) in [6.45, 7) is 9.13. The van der Waals surface area contributed by atoms with Crippen LogP contribution >= 0.6 is 0 Å². The number of ether oxygens (including phenoxy) is 1. The Bertz CT molecular complexity index is 361. The molecule has 0 spiro atoms. The maximum atomic E-state index is 9.21. The zero-order valence-electron chi connectivity index (χ0n) is 10.6. The van der Waals surface area contributed by atoms with Gasteiger partial charge in [0.15, 0.2) is 0 Å². The molecule has 0 amide bonds. The van der Waals surface area contributed by atoms with Gasteiger partial charge in [0.1, 0.15) is 24.4 Å². The summed E-state index contributed by atoms with van der Waals surface area (Å²) in [7, 11) is 0. The number of aliphatic hydroxyl groups is 1. The van der Waals surface area contributed by atoms with E-state index in [9.17, 15) is 5.11 Å². The molecule has 0 radical (unpaired) electrons. The highest BCUT2D eigenvalue weighted by molar-refractivity contribution is 5.32. The van der Waals surface area contributed by atoms with E-state index in [0.29, 0.717) is 6.61 Å². The predicted molar refractivity (Wildman–Crippen MR) is 68.9 cm³/mol. The number of hydrogen-bond donors (Lipinski definition) is 2. The standard InChI is InChI=1S/C14H21NO2/c1-4-9-17-13-8-6-5-7-12(13)10-15-14(2,3)11-16/h4-8,15-16H,1,9-11H2,2-3H3/p+1. The van der Waals surface area contributed by atoms with E-state index in [1.54, 1.807) is 6.08 Å². The molecule has 0 bridgehead atoms. The van der Waals surface area contributed by atoms with Crippen molar-refractivity contribution >= 4 is 0 Å². The van der Waals surface area contributed by atoms with Gasteiger partial charge in [-0.2, -0.15) is 0 Å². The van der Waals surface area contributed by atoms with Gasteiger partial charge in [0.25, 0.3) is 0 Å². The smallest absolute Gasteiger partial charge is 0.128 e. The van der Waals surface area contributed by atoms with Gasteiger partial charge in [-0.05, 0) is 26.0 Å². The van der Waals surface area contributed by atoms with Crippen molar-refractivity contribution in [3.8, 4) is 5.75 Å². The number of quaternary nitrogens is 1. The maximum Gasteiger partial charge on any atom is 0.128 e. The van der Waals surface area contributed by atoms with E-state index in [4.69, 9.17) is 4.74 Å². The lowest BCUT2D eigenvalue weighted by Crippen LogP contribution is -2.95. The molecular formula is C14H22NO2+. The van der Waals surface area contributed by atoms with Crippen molar-refractivity contribution in [1.29, 1.82) is 0 Å². The van der Waals surface area contributed by atoms with Gasteiger partial charge in [-0.3, -0.25) is 0 Å². The first-order valence-corrected chi connectivity index (χ1v) is 5.86. The second kappa shape index (κ2) is 6.42. The summed E-state index contributed by atoms with van der Waals surface area (Å²) in [6, 6.07) is 7.95. The molecule has 0 aromatic heterocycles. The Balaban J connectivity index is 2.66. The van der Waals surface area contributed by atoms with Crippen LogP contribution in [0.1, 0.15) is 19.4 Å². The first-order valence-electron chi connectivity index (χ1n) is 5.86. The lowest BCUT2D eigenvalue weighted by molar-refractivity contribution is -0.736. The Labute approximate surface area is 103 Å². The molecule has 0 atom stereocenters. The van der Waals surface area contributed by atoms with Crippen molar-refractivity contribution in [2.24, 2.45) is 0 Å². The fourth-order valence-electron chi connectivity index (χ4n) is 1.41. The highest BCUT2D eigenvalue weighted by Crippen LogP contribution is 2.16. The number of nitrogens with two attached hydrogens (primary N) is 1. The molecule has 0 aliphatic heterocycles. The third-order valence-corrected chi connectivity index (χ3v) is 2.61. The van der Waals surface area contributed by atoms with Crippen LogP contribution < -0.4 is 10.1 Å². The maximum absolute atomic E-state index is 9.21. The average molecular weight is 236 g/mol. The first kappa shape index (κ1) is 13.7. The third kappa shape index (κ3) is 4.59. The van der Waals surface area contributed by atoms with Gasteiger partial charge in [0, 0.05) is 5.56 Å². The van der Waals surface area contributed by atoms with E-state index in [2.05, 4.69) is 11.9 Å². The van der Waals surface area contributed by atoms with Crippen molar-refractivity contribution in [3.05, 3.63) is 42.5 Å². The zero-order valence-corrected chi connectivity index (χ0v) is 10.6. The molecule has 0 unspecified atom stereocenters. The first-order chi connectivity index (χ1) is 8.09. The van der Waals surface area contributed by atoms with Gasteiger partial charge in [0.05, 0.1) is 6.61 Å². The largest absolute Gasteiger partial charge is 0.489 e. The van der Waals surface area contributed by atoms with Crippen LogP contribution in [-0.2, 0) is 6.54 Å². The van der Waals surface area contributed by atoms with Crippen LogP contribution in [0.25, 0.3) is 0 Å². The molecule has 0 saturated heterocycles. The molecule has 3 nitrogen and oxygen atoms in total. The Morgan fingerprint density at radius 3 is 2.76 bits per heavy atom. The molecular weight excluding hydrogens is 214 g/mol. The van der Waals surface area contributed by atoms with Crippen LogP contribution in [0.3, 0.4) is 0 Å². The van der Waals surface area contributed by atoms with Gasteiger partial charge < -0.3 is 15.2 Å². The molecule has 1 aromatic carbocycles. The van der Waals surface area contributed by atoms with Crippen molar-refractivity contribution in [2.45, 2.75) is 25.9 Å². The van der Waals surface area contributed by atoms with Gasteiger partial charge in [0.2, 0.25) is 0 Å². The van der Waals surface area contributed by atoms with Crippen LogP contribution in [0.5, 0.6) is 5.75 Å². The minimum atomic E-state index is -0.161. The summed E-state index contributed by atoms with van der Waals surface area (Å²) in [5.74, 6) is 0.886.